The molecule has 0 bridgehead atoms. The van der Waals surface area contributed by atoms with Gasteiger partial charge in [-0.1, -0.05) is 24.2 Å². The van der Waals surface area contributed by atoms with Gasteiger partial charge in [0.25, 0.3) is 0 Å². The van der Waals surface area contributed by atoms with E-state index in [1.54, 1.807) is 0 Å². The summed E-state index contributed by atoms with van der Waals surface area (Å²) in [7, 11) is 0. The Hall–Kier alpha value is -0.520. The lowest BCUT2D eigenvalue weighted by molar-refractivity contribution is 1.69. The van der Waals surface area contributed by atoms with Gasteiger partial charge in [-0.15, -0.1) is 0 Å². The van der Waals surface area contributed by atoms with Gasteiger partial charge in [0, 0.05) is 2.74 Å². The molecule has 34 valence electrons. The van der Waals surface area contributed by atoms with Crippen molar-refractivity contribution in [2.45, 2.75) is 13.8 Å². The first-order valence-corrected chi connectivity index (χ1v) is 1.55. The zero-order valence-corrected chi connectivity index (χ0v) is 3.49. The zero-order chi connectivity index (χ0) is 8.85. The molecular formula is C6H10. The summed E-state index contributed by atoms with van der Waals surface area (Å²) in [6.45, 7) is -0.348. The molecule has 0 nitrogen and oxygen atoms in total. The maximum atomic E-state index is 7.12. The summed E-state index contributed by atoms with van der Waals surface area (Å²) in [5.41, 5.74) is 0. The molecule has 0 fully saturated rings. The lowest BCUT2D eigenvalue weighted by Gasteiger charge is -1.62. The normalized spacial score (nSPS) is 28.0. The summed E-state index contributed by atoms with van der Waals surface area (Å²) in [5.74, 6) is 0. The summed E-state index contributed by atoms with van der Waals surface area (Å²) in [5, 5.41) is 0. The minimum atomic E-state index is -0.285. The van der Waals surface area contributed by atoms with Crippen molar-refractivity contribution >= 4 is 0 Å². The maximum absolute atomic E-state index is 7.12. The van der Waals surface area contributed by atoms with E-state index in [9.17, 15) is 0 Å². The van der Waals surface area contributed by atoms with Crippen LogP contribution in [0.5, 0.6) is 0 Å². The molecule has 0 aromatic heterocycles. The Morgan fingerprint density at radius 1 is 1.50 bits per heavy atom. The van der Waals surface area contributed by atoms with Gasteiger partial charge in [-0.3, -0.25) is 0 Å². The van der Waals surface area contributed by atoms with Crippen LogP contribution >= 0.6 is 0 Å². The molecule has 0 rings (SSSR count). The Morgan fingerprint density at radius 3 is 3.17 bits per heavy atom. The van der Waals surface area contributed by atoms with E-state index >= 15 is 0 Å². The molecular weight excluding hydrogens is 72.1 g/mol. The van der Waals surface area contributed by atoms with E-state index in [-0.39, 0.29) is 32.0 Å². The minimum absolute atomic E-state index is 0.0630. The second-order valence-corrected chi connectivity index (χ2v) is 0.650. The van der Waals surface area contributed by atoms with Gasteiger partial charge >= 0.3 is 0 Å². The van der Waals surface area contributed by atoms with Crippen LogP contribution in [0.1, 0.15) is 20.7 Å². The van der Waals surface area contributed by atoms with Crippen molar-refractivity contribution in [3.63, 3.8) is 0 Å². The van der Waals surface area contributed by atoms with Crippen molar-refractivity contribution in [1.82, 2.24) is 0 Å². The van der Waals surface area contributed by atoms with E-state index < -0.39 is 0 Å². The van der Waals surface area contributed by atoms with Crippen LogP contribution in [0.3, 0.4) is 0 Å². The molecule has 0 unspecified atom stereocenters. The topological polar surface area (TPSA) is 0 Å². The third kappa shape index (κ3) is 3.48. The summed E-state index contributed by atoms with van der Waals surface area (Å²) >= 11 is 0. The summed E-state index contributed by atoms with van der Waals surface area (Å²) in [6.07, 6.45) is 1.23. The van der Waals surface area contributed by atoms with Crippen LogP contribution in [0.25, 0.3) is 0 Å². The monoisotopic (exact) mass is 87.1 g/mol. The number of hydrogen-bond acceptors (Lipinski definition) is 0. The van der Waals surface area contributed by atoms with Gasteiger partial charge in [0.1, 0.15) is 0 Å². The molecule has 0 heterocycles. The second-order valence-electron chi connectivity index (χ2n) is 0.650. The van der Waals surface area contributed by atoms with Gasteiger partial charge in [0.15, 0.2) is 0 Å². The average Bonchev–Trinajstić information content (AvgIpc) is 2.02. The summed E-state index contributed by atoms with van der Waals surface area (Å²) in [6, 6.07) is -0.579. The molecule has 0 amide bonds. The zero-order valence-electron chi connectivity index (χ0n) is 8.49. The lowest BCUT2D eigenvalue weighted by atomic mass is 10.5. The van der Waals surface area contributed by atoms with Crippen LogP contribution in [0, 0.1) is 0 Å². The van der Waals surface area contributed by atoms with E-state index in [2.05, 4.69) is 0 Å². The molecule has 0 atom stereocenters. The smallest absolute Gasteiger partial charge is 0.0619 e. The molecule has 0 radical (unpaired) electrons. The van der Waals surface area contributed by atoms with Gasteiger partial charge in [-0.25, -0.2) is 0 Å². The van der Waals surface area contributed by atoms with Gasteiger partial charge in [0.05, 0.1) is 4.11 Å². The number of allylic oxidation sites excluding steroid dienone is 4. The highest BCUT2D eigenvalue weighted by molar-refractivity contribution is 4.98. The van der Waals surface area contributed by atoms with Crippen molar-refractivity contribution in [1.29, 1.82) is 0 Å². The molecule has 0 aliphatic rings. The third-order valence-corrected chi connectivity index (χ3v) is 0.263. The first-order valence-electron chi connectivity index (χ1n) is 4.46. The van der Waals surface area contributed by atoms with Crippen LogP contribution in [0.4, 0.5) is 0 Å². The van der Waals surface area contributed by atoms with Crippen molar-refractivity contribution in [3.8, 4) is 0 Å². The molecule has 0 saturated heterocycles. The Morgan fingerprint density at radius 2 is 2.50 bits per heavy atom. The summed E-state index contributed by atoms with van der Waals surface area (Å²) < 4.78 is 34.7. The molecule has 0 heteroatoms. The molecule has 0 aromatic carbocycles. The van der Waals surface area contributed by atoms with Crippen molar-refractivity contribution in [2.75, 3.05) is 0 Å². The SMILES string of the molecule is [2H]C/C=C([2H])\C([2H])=C(\[2H])C[2H]. The number of hydrogen-bond donors (Lipinski definition) is 0. The Bertz CT molecular complexity index is 181. The first-order chi connectivity index (χ1) is 5.13. The largest absolute Gasteiger partial charge is 0.0877 e. The highest BCUT2D eigenvalue weighted by Crippen LogP contribution is 1.71. The fraction of sp³-hybridized carbons (Fsp3) is 0.333. The van der Waals surface area contributed by atoms with Gasteiger partial charge in [-0.05, 0) is 13.8 Å². The number of rotatable bonds is 1. The second kappa shape index (κ2) is 4.48. The quantitative estimate of drug-likeness (QED) is 0.430. The molecule has 0 saturated carbocycles. The van der Waals surface area contributed by atoms with E-state index in [1.807, 2.05) is 0 Å². The van der Waals surface area contributed by atoms with Crippen LogP contribution in [-0.2, 0) is 0 Å². The van der Waals surface area contributed by atoms with Gasteiger partial charge in [0.2, 0.25) is 0 Å². The minimum Gasteiger partial charge on any atom is -0.0877 e. The molecule has 0 spiro atoms. The van der Waals surface area contributed by atoms with Crippen molar-refractivity contribution < 1.29 is 6.85 Å². The highest BCUT2D eigenvalue weighted by Gasteiger charge is 1.48. The third-order valence-electron chi connectivity index (χ3n) is 0.263. The highest BCUT2D eigenvalue weighted by atomic mass is 13.6. The predicted octanol–water partition coefficient (Wildman–Crippen LogP) is 2.14. The van der Waals surface area contributed by atoms with E-state index in [1.165, 1.54) is 6.08 Å². The predicted molar refractivity (Wildman–Crippen MR) is 29.6 cm³/mol. The molecule has 0 N–H and O–H groups in total. The lowest BCUT2D eigenvalue weighted by Crippen LogP contribution is -1.40. The summed E-state index contributed by atoms with van der Waals surface area (Å²) in [4.78, 5) is 0. The first kappa shape index (κ1) is 1.22. The van der Waals surface area contributed by atoms with E-state index in [0.29, 0.717) is 0 Å². The van der Waals surface area contributed by atoms with E-state index in [0.717, 1.165) is 0 Å². The molecule has 0 aromatic rings. The molecule has 0 aliphatic carbocycles. The van der Waals surface area contributed by atoms with Gasteiger partial charge < -0.3 is 0 Å². The molecule has 0 aliphatic heterocycles. The maximum Gasteiger partial charge on any atom is 0.0619 e. The standard InChI is InChI=1S/C6H10/c1-3-5-6-4-2/h3-6H,1-2H3/b5-3-,6-4-/i1D,2D,3D,5D,6D. The average molecular weight is 87.2 g/mol. The van der Waals surface area contributed by atoms with Crippen molar-refractivity contribution in [2.24, 2.45) is 0 Å². The van der Waals surface area contributed by atoms with Crippen LogP contribution in [0.15, 0.2) is 24.2 Å². The fourth-order valence-corrected chi connectivity index (χ4v) is 0.102. The Balaban J connectivity index is 4.46. The van der Waals surface area contributed by atoms with Crippen molar-refractivity contribution in [3.05, 3.63) is 24.2 Å². The van der Waals surface area contributed by atoms with Crippen LogP contribution in [-0.4, -0.2) is 0 Å². The van der Waals surface area contributed by atoms with Crippen LogP contribution < -0.4 is 0 Å². The fourth-order valence-electron chi connectivity index (χ4n) is 0.102. The Labute approximate surface area is 46.2 Å². The van der Waals surface area contributed by atoms with Gasteiger partial charge in [-0.2, -0.15) is 0 Å². The molecule has 6 heavy (non-hydrogen) atoms. The Kier molecular flexibility index (Phi) is 0.914. The van der Waals surface area contributed by atoms with E-state index in [4.69, 9.17) is 6.85 Å². The van der Waals surface area contributed by atoms with Crippen LogP contribution in [0.2, 0.25) is 0 Å².